The number of benzene rings is 1. The SMILES string of the molecule is Cc1ccc(C(N)C(=O)NCC(C)CC(=O)O)cc1. The third kappa shape index (κ3) is 5.09. The molecule has 5 heteroatoms. The number of hydrogen-bond acceptors (Lipinski definition) is 3. The smallest absolute Gasteiger partial charge is 0.303 e. The average molecular weight is 264 g/mol. The summed E-state index contributed by atoms with van der Waals surface area (Å²) in [6.07, 6.45) is 0.0278. The molecule has 19 heavy (non-hydrogen) atoms. The highest BCUT2D eigenvalue weighted by atomic mass is 16.4. The second kappa shape index (κ2) is 6.89. The van der Waals surface area contributed by atoms with Gasteiger partial charge in [-0.25, -0.2) is 0 Å². The second-order valence-corrected chi connectivity index (χ2v) is 4.84. The van der Waals surface area contributed by atoms with Crippen molar-refractivity contribution in [2.24, 2.45) is 11.7 Å². The molecule has 0 spiro atoms. The van der Waals surface area contributed by atoms with Crippen LogP contribution in [0.3, 0.4) is 0 Å². The molecule has 1 rings (SSSR count). The van der Waals surface area contributed by atoms with Crippen LogP contribution in [-0.4, -0.2) is 23.5 Å². The summed E-state index contributed by atoms with van der Waals surface area (Å²) in [6, 6.07) is 6.71. The maximum Gasteiger partial charge on any atom is 0.303 e. The minimum Gasteiger partial charge on any atom is -0.481 e. The summed E-state index contributed by atoms with van der Waals surface area (Å²) >= 11 is 0. The Morgan fingerprint density at radius 3 is 2.42 bits per heavy atom. The van der Waals surface area contributed by atoms with E-state index in [-0.39, 0.29) is 18.2 Å². The molecular weight excluding hydrogens is 244 g/mol. The summed E-state index contributed by atoms with van der Waals surface area (Å²) in [7, 11) is 0. The number of nitrogens with two attached hydrogens (primary N) is 1. The van der Waals surface area contributed by atoms with Crippen molar-refractivity contribution in [1.82, 2.24) is 5.32 Å². The summed E-state index contributed by atoms with van der Waals surface area (Å²) in [5, 5.41) is 11.3. The van der Waals surface area contributed by atoms with Crippen molar-refractivity contribution in [2.45, 2.75) is 26.3 Å². The maximum atomic E-state index is 11.8. The van der Waals surface area contributed by atoms with Crippen molar-refractivity contribution >= 4 is 11.9 Å². The van der Waals surface area contributed by atoms with Crippen LogP contribution < -0.4 is 11.1 Å². The predicted molar refractivity (Wildman–Crippen MR) is 72.5 cm³/mol. The van der Waals surface area contributed by atoms with Crippen LogP contribution >= 0.6 is 0 Å². The van der Waals surface area contributed by atoms with E-state index in [1.54, 1.807) is 6.92 Å². The van der Waals surface area contributed by atoms with Crippen LogP contribution in [0.15, 0.2) is 24.3 Å². The molecule has 2 unspecified atom stereocenters. The highest BCUT2D eigenvalue weighted by Crippen LogP contribution is 2.11. The molecular formula is C14H20N2O3. The first kappa shape index (κ1) is 15.2. The molecule has 0 radical (unpaired) electrons. The summed E-state index contributed by atoms with van der Waals surface area (Å²) in [5.74, 6) is -1.28. The fraction of sp³-hybridized carbons (Fsp3) is 0.429. The van der Waals surface area contributed by atoms with Crippen LogP contribution in [0.2, 0.25) is 0 Å². The van der Waals surface area contributed by atoms with Crippen molar-refractivity contribution in [3.8, 4) is 0 Å². The number of rotatable bonds is 6. The van der Waals surface area contributed by atoms with Crippen LogP contribution in [0.5, 0.6) is 0 Å². The van der Waals surface area contributed by atoms with Gasteiger partial charge < -0.3 is 16.2 Å². The van der Waals surface area contributed by atoms with Gasteiger partial charge in [0.2, 0.25) is 5.91 Å². The molecule has 1 aromatic rings. The van der Waals surface area contributed by atoms with E-state index in [2.05, 4.69) is 5.32 Å². The van der Waals surface area contributed by atoms with E-state index in [0.29, 0.717) is 6.54 Å². The number of carboxylic acids is 1. The van der Waals surface area contributed by atoms with E-state index >= 15 is 0 Å². The van der Waals surface area contributed by atoms with Gasteiger partial charge in [0.1, 0.15) is 6.04 Å². The summed E-state index contributed by atoms with van der Waals surface area (Å²) in [4.78, 5) is 22.3. The molecule has 1 aromatic carbocycles. The Kier molecular flexibility index (Phi) is 5.51. The van der Waals surface area contributed by atoms with Gasteiger partial charge in [0, 0.05) is 13.0 Å². The Hall–Kier alpha value is -1.88. The van der Waals surface area contributed by atoms with E-state index in [4.69, 9.17) is 10.8 Å². The van der Waals surface area contributed by atoms with E-state index < -0.39 is 12.0 Å². The van der Waals surface area contributed by atoms with E-state index in [9.17, 15) is 9.59 Å². The van der Waals surface area contributed by atoms with Gasteiger partial charge in [0.05, 0.1) is 0 Å². The minimum atomic E-state index is -0.871. The third-order valence-corrected chi connectivity index (χ3v) is 2.87. The van der Waals surface area contributed by atoms with Crippen molar-refractivity contribution < 1.29 is 14.7 Å². The van der Waals surface area contributed by atoms with Gasteiger partial charge >= 0.3 is 5.97 Å². The zero-order valence-corrected chi connectivity index (χ0v) is 11.2. The molecule has 5 nitrogen and oxygen atoms in total. The normalized spacial score (nSPS) is 13.6. The Balaban J connectivity index is 2.49. The Morgan fingerprint density at radius 1 is 1.32 bits per heavy atom. The Bertz CT molecular complexity index is 443. The van der Waals surface area contributed by atoms with Crippen LogP contribution in [0, 0.1) is 12.8 Å². The number of aryl methyl sites for hydroxylation is 1. The monoisotopic (exact) mass is 264 g/mol. The molecule has 2 atom stereocenters. The zero-order valence-electron chi connectivity index (χ0n) is 11.2. The molecule has 1 amide bonds. The highest BCUT2D eigenvalue weighted by Gasteiger charge is 2.16. The molecule has 0 saturated heterocycles. The van der Waals surface area contributed by atoms with Gasteiger partial charge in [-0.15, -0.1) is 0 Å². The van der Waals surface area contributed by atoms with Crippen LogP contribution in [-0.2, 0) is 9.59 Å². The molecule has 0 aliphatic rings. The molecule has 0 aliphatic carbocycles. The lowest BCUT2D eigenvalue weighted by Crippen LogP contribution is -2.36. The molecule has 4 N–H and O–H groups in total. The van der Waals surface area contributed by atoms with Crippen LogP contribution in [0.25, 0.3) is 0 Å². The predicted octanol–water partition coefficient (Wildman–Crippen LogP) is 1.22. The van der Waals surface area contributed by atoms with E-state index in [0.717, 1.165) is 11.1 Å². The van der Waals surface area contributed by atoms with Crippen molar-refractivity contribution in [3.63, 3.8) is 0 Å². The van der Waals surface area contributed by atoms with Crippen molar-refractivity contribution in [1.29, 1.82) is 0 Å². The lowest BCUT2D eigenvalue weighted by Gasteiger charge is -2.15. The van der Waals surface area contributed by atoms with Crippen molar-refractivity contribution in [2.75, 3.05) is 6.54 Å². The second-order valence-electron chi connectivity index (χ2n) is 4.84. The fourth-order valence-electron chi connectivity index (χ4n) is 1.68. The molecule has 0 heterocycles. The zero-order chi connectivity index (χ0) is 14.4. The standard InChI is InChI=1S/C14H20N2O3/c1-9-3-5-11(6-4-9)13(15)14(19)16-8-10(2)7-12(17)18/h3-6,10,13H,7-8,15H2,1-2H3,(H,16,19)(H,17,18). The lowest BCUT2D eigenvalue weighted by atomic mass is 10.0. The molecule has 0 bridgehead atoms. The first-order chi connectivity index (χ1) is 8.90. The topological polar surface area (TPSA) is 92.4 Å². The number of amides is 1. The Labute approximate surface area is 112 Å². The number of hydrogen-bond donors (Lipinski definition) is 3. The largest absolute Gasteiger partial charge is 0.481 e. The summed E-state index contributed by atoms with van der Waals surface area (Å²) in [6.45, 7) is 4.04. The first-order valence-corrected chi connectivity index (χ1v) is 6.21. The van der Waals surface area contributed by atoms with Gasteiger partial charge in [0.15, 0.2) is 0 Å². The van der Waals surface area contributed by atoms with Gasteiger partial charge in [0.25, 0.3) is 0 Å². The van der Waals surface area contributed by atoms with E-state index in [1.165, 1.54) is 0 Å². The molecule has 0 aliphatic heterocycles. The Morgan fingerprint density at radius 2 is 1.89 bits per heavy atom. The van der Waals surface area contributed by atoms with Crippen LogP contribution in [0.4, 0.5) is 0 Å². The van der Waals surface area contributed by atoms with Crippen LogP contribution in [0.1, 0.15) is 30.5 Å². The molecule has 0 saturated carbocycles. The highest BCUT2D eigenvalue weighted by molar-refractivity contribution is 5.83. The summed E-state index contributed by atoms with van der Waals surface area (Å²) in [5.41, 5.74) is 7.70. The first-order valence-electron chi connectivity index (χ1n) is 6.21. The lowest BCUT2D eigenvalue weighted by molar-refractivity contribution is -0.138. The summed E-state index contributed by atoms with van der Waals surface area (Å²) < 4.78 is 0. The molecule has 0 aromatic heterocycles. The molecule has 104 valence electrons. The average Bonchev–Trinajstić information content (AvgIpc) is 2.35. The quantitative estimate of drug-likeness (QED) is 0.720. The number of carbonyl (C=O) groups excluding carboxylic acids is 1. The molecule has 0 fully saturated rings. The van der Waals surface area contributed by atoms with Gasteiger partial charge in [-0.2, -0.15) is 0 Å². The minimum absolute atomic E-state index is 0.0278. The van der Waals surface area contributed by atoms with Gasteiger partial charge in [-0.3, -0.25) is 9.59 Å². The van der Waals surface area contributed by atoms with E-state index in [1.807, 2.05) is 31.2 Å². The third-order valence-electron chi connectivity index (χ3n) is 2.87. The number of aliphatic carboxylic acids is 1. The van der Waals surface area contributed by atoms with Gasteiger partial charge in [-0.05, 0) is 18.4 Å². The van der Waals surface area contributed by atoms with Crippen molar-refractivity contribution in [3.05, 3.63) is 35.4 Å². The number of carboxylic acid groups (broad SMARTS) is 1. The fourth-order valence-corrected chi connectivity index (χ4v) is 1.68. The maximum absolute atomic E-state index is 11.8. The number of nitrogens with one attached hydrogen (secondary N) is 1. The number of carbonyl (C=O) groups is 2. The van der Waals surface area contributed by atoms with Gasteiger partial charge in [-0.1, -0.05) is 36.8 Å².